The van der Waals surface area contributed by atoms with Gasteiger partial charge in [-0.05, 0) is 6.42 Å². The minimum Gasteiger partial charge on any atom is -0.481 e. The van der Waals surface area contributed by atoms with Gasteiger partial charge in [-0.25, -0.2) is 0 Å². The number of hydrogen-bond donors (Lipinski definition) is 3. The van der Waals surface area contributed by atoms with E-state index in [9.17, 15) is 9.59 Å². The van der Waals surface area contributed by atoms with Gasteiger partial charge < -0.3 is 15.9 Å². The minimum absolute atomic E-state index is 0.0231. The SMILES string of the molecule is N[13C@@H]([13CH2]CC(=O)O)[13C](=O)O. The smallest absolute Gasteiger partial charge is 0.320 e. The van der Waals surface area contributed by atoms with E-state index in [2.05, 4.69) is 0 Å². The van der Waals surface area contributed by atoms with Crippen LogP contribution in [0.25, 0.3) is 0 Å². The van der Waals surface area contributed by atoms with Gasteiger partial charge >= 0.3 is 11.9 Å². The first-order valence-electron chi connectivity index (χ1n) is 2.74. The van der Waals surface area contributed by atoms with Gasteiger partial charge in [0.25, 0.3) is 0 Å². The average molecular weight is 150 g/mol. The number of hydrogen-bond acceptors (Lipinski definition) is 3. The molecule has 0 aromatic heterocycles. The van der Waals surface area contributed by atoms with Crippen LogP contribution in [0.4, 0.5) is 0 Å². The molecule has 58 valence electrons. The Morgan fingerprint density at radius 2 is 1.90 bits per heavy atom. The summed E-state index contributed by atoms with van der Waals surface area (Å²) in [5, 5.41) is 16.3. The van der Waals surface area contributed by atoms with Crippen molar-refractivity contribution in [1.29, 1.82) is 0 Å². The fraction of sp³-hybridized carbons (Fsp3) is 0.600. The standard InChI is InChI=1S/C5H9NO4/c6-3(5(9)10)1-2-4(7)8/h3H,1-2,6H2,(H,7,8)(H,9,10)/t3-/m0/s1/i1+1,3+1,5+1. The van der Waals surface area contributed by atoms with Crippen LogP contribution in [0.5, 0.6) is 0 Å². The molecule has 0 rings (SSSR count). The van der Waals surface area contributed by atoms with Gasteiger partial charge in [0.1, 0.15) is 6.04 Å². The molecular weight excluding hydrogens is 141 g/mol. The highest BCUT2D eigenvalue weighted by Gasteiger charge is 2.12. The summed E-state index contributed by atoms with van der Waals surface area (Å²) in [4.78, 5) is 19.9. The van der Waals surface area contributed by atoms with Crippen molar-refractivity contribution in [2.24, 2.45) is 5.73 Å². The molecule has 0 aliphatic rings. The Kier molecular flexibility index (Phi) is 3.42. The molecule has 0 heterocycles. The summed E-state index contributed by atoms with van der Waals surface area (Å²) in [6.45, 7) is 0. The van der Waals surface area contributed by atoms with Crippen molar-refractivity contribution in [3.63, 3.8) is 0 Å². The van der Waals surface area contributed by atoms with Crippen molar-refractivity contribution in [2.45, 2.75) is 18.9 Å². The van der Waals surface area contributed by atoms with Crippen molar-refractivity contribution < 1.29 is 19.8 Å². The molecule has 10 heavy (non-hydrogen) atoms. The number of carboxylic acid groups (broad SMARTS) is 2. The zero-order valence-corrected chi connectivity index (χ0v) is 5.28. The van der Waals surface area contributed by atoms with Crippen molar-refractivity contribution >= 4 is 11.9 Å². The largest absolute Gasteiger partial charge is 0.481 e. The summed E-state index contributed by atoms with van der Waals surface area (Å²) in [7, 11) is 0. The van der Waals surface area contributed by atoms with Gasteiger partial charge in [0.15, 0.2) is 0 Å². The lowest BCUT2D eigenvalue weighted by molar-refractivity contribution is -0.139. The van der Waals surface area contributed by atoms with E-state index < -0.39 is 18.0 Å². The van der Waals surface area contributed by atoms with E-state index in [4.69, 9.17) is 15.9 Å². The minimum atomic E-state index is -1.17. The molecule has 5 nitrogen and oxygen atoms in total. The lowest BCUT2D eigenvalue weighted by atomic mass is 10.6. The maximum absolute atomic E-state index is 9.99. The Bertz CT molecular complexity index is 145. The highest BCUT2D eigenvalue weighted by atomic mass is 16.5. The van der Waals surface area contributed by atoms with Gasteiger partial charge in [-0.15, -0.1) is 0 Å². The number of rotatable bonds is 4. The third kappa shape index (κ3) is 3.85. The van der Waals surface area contributed by atoms with Crippen LogP contribution in [-0.2, 0) is 9.59 Å². The van der Waals surface area contributed by atoms with Gasteiger partial charge in [-0.1, -0.05) is 0 Å². The predicted molar refractivity (Wildman–Crippen MR) is 32.5 cm³/mol. The summed E-state index contributed by atoms with van der Waals surface area (Å²) >= 11 is 0. The normalized spacial score (nSPS) is 12.5. The topological polar surface area (TPSA) is 101 Å². The molecule has 0 bridgehead atoms. The highest BCUT2D eigenvalue weighted by molar-refractivity contribution is 5.74. The predicted octanol–water partition coefficient (Wildman–Crippen LogP) is -0.737. The molecule has 0 aliphatic carbocycles. The highest BCUT2D eigenvalue weighted by Crippen LogP contribution is 1.93. The maximum atomic E-state index is 9.99. The van der Waals surface area contributed by atoms with E-state index in [1.165, 1.54) is 0 Å². The van der Waals surface area contributed by atoms with Gasteiger partial charge in [0, 0.05) is 6.42 Å². The fourth-order valence-corrected chi connectivity index (χ4v) is 0.402. The third-order valence-corrected chi connectivity index (χ3v) is 0.986. The molecule has 0 aromatic carbocycles. The van der Waals surface area contributed by atoms with E-state index in [1.807, 2.05) is 0 Å². The van der Waals surface area contributed by atoms with E-state index >= 15 is 0 Å². The van der Waals surface area contributed by atoms with E-state index in [0.717, 1.165) is 0 Å². The number of nitrogens with two attached hydrogens (primary N) is 1. The molecule has 1 atom stereocenters. The van der Waals surface area contributed by atoms with Crippen molar-refractivity contribution in [3.05, 3.63) is 0 Å². The summed E-state index contributed by atoms with van der Waals surface area (Å²) in [5.74, 6) is -2.20. The van der Waals surface area contributed by atoms with Crippen LogP contribution in [0.1, 0.15) is 12.8 Å². The Labute approximate surface area is 57.5 Å². The molecule has 0 amide bonds. The number of carbonyl (C=O) groups is 2. The van der Waals surface area contributed by atoms with Crippen molar-refractivity contribution in [3.8, 4) is 0 Å². The molecule has 4 N–H and O–H groups in total. The Balaban J connectivity index is 3.49. The molecule has 0 saturated carbocycles. The zero-order valence-electron chi connectivity index (χ0n) is 5.28. The second-order valence-electron chi connectivity index (χ2n) is 1.88. The molecule has 0 aromatic rings. The fourth-order valence-electron chi connectivity index (χ4n) is 0.402. The van der Waals surface area contributed by atoms with Crippen LogP contribution in [0.15, 0.2) is 0 Å². The molecular formula is C5H9NO4. The number of aliphatic carboxylic acids is 2. The molecule has 5 heteroatoms. The van der Waals surface area contributed by atoms with Gasteiger partial charge in [-0.2, -0.15) is 0 Å². The van der Waals surface area contributed by atoms with Crippen LogP contribution < -0.4 is 5.73 Å². The summed E-state index contributed by atoms with van der Waals surface area (Å²) in [5.41, 5.74) is 5.00. The summed E-state index contributed by atoms with van der Waals surface area (Å²) in [6, 6.07) is -1.06. The van der Waals surface area contributed by atoms with E-state index in [1.54, 1.807) is 0 Å². The lowest BCUT2D eigenvalue weighted by Crippen LogP contribution is -2.30. The zero-order chi connectivity index (χ0) is 8.15. The van der Waals surface area contributed by atoms with Crippen LogP contribution in [-0.4, -0.2) is 28.2 Å². The maximum Gasteiger partial charge on any atom is 0.320 e. The number of carboxylic acids is 2. The summed E-state index contributed by atoms with van der Waals surface area (Å²) < 4.78 is 0. The molecule has 0 saturated heterocycles. The Morgan fingerprint density at radius 3 is 2.20 bits per heavy atom. The first kappa shape index (κ1) is 8.90. The molecule has 0 aliphatic heterocycles. The monoisotopic (exact) mass is 150 g/mol. The lowest BCUT2D eigenvalue weighted by Gasteiger charge is -2.01. The Morgan fingerprint density at radius 1 is 1.40 bits per heavy atom. The van der Waals surface area contributed by atoms with Gasteiger partial charge in [-0.3, -0.25) is 9.59 Å². The molecule has 0 unspecified atom stereocenters. The second-order valence-corrected chi connectivity index (χ2v) is 1.88. The molecule has 0 fully saturated rings. The quantitative estimate of drug-likeness (QED) is 0.458. The van der Waals surface area contributed by atoms with Gasteiger partial charge in [0.05, 0.1) is 0 Å². The van der Waals surface area contributed by atoms with Gasteiger partial charge in [0.2, 0.25) is 0 Å². The summed E-state index contributed by atoms with van der Waals surface area (Å²) in [6.07, 6.45) is -0.224. The van der Waals surface area contributed by atoms with Crippen molar-refractivity contribution in [2.75, 3.05) is 0 Å². The first-order valence-corrected chi connectivity index (χ1v) is 2.74. The first-order chi connectivity index (χ1) is 4.54. The molecule has 0 spiro atoms. The Hall–Kier alpha value is -1.10. The van der Waals surface area contributed by atoms with Crippen LogP contribution in [0.2, 0.25) is 0 Å². The second kappa shape index (κ2) is 3.84. The van der Waals surface area contributed by atoms with E-state index in [-0.39, 0.29) is 12.8 Å². The van der Waals surface area contributed by atoms with E-state index in [0.29, 0.717) is 0 Å². The van der Waals surface area contributed by atoms with Crippen molar-refractivity contribution in [1.82, 2.24) is 0 Å². The average Bonchev–Trinajstić information content (AvgIpc) is 1.82. The third-order valence-electron chi connectivity index (χ3n) is 0.986. The van der Waals surface area contributed by atoms with Crippen LogP contribution >= 0.6 is 0 Å². The van der Waals surface area contributed by atoms with Crippen LogP contribution in [0.3, 0.4) is 0 Å². The van der Waals surface area contributed by atoms with Crippen LogP contribution in [0, 0.1) is 0 Å². The molecule has 0 radical (unpaired) electrons.